The first-order valence-corrected chi connectivity index (χ1v) is 10.0. The monoisotopic (exact) mass is 392 g/mol. The maximum atomic E-state index is 12.5. The summed E-state index contributed by atoms with van der Waals surface area (Å²) < 4.78 is 2.42. The molecule has 142 valence electrons. The summed E-state index contributed by atoms with van der Waals surface area (Å²) in [4.78, 5) is 29.4. The van der Waals surface area contributed by atoms with E-state index in [2.05, 4.69) is 21.5 Å². The first kappa shape index (κ1) is 18.3. The number of thiazole rings is 1. The lowest BCUT2D eigenvalue weighted by Gasteiger charge is -2.09. The number of fused-ring (bicyclic) bond motifs is 2. The molecule has 28 heavy (non-hydrogen) atoms. The fourth-order valence-corrected chi connectivity index (χ4v) is 4.21. The van der Waals surface area contributed by atoms with Crippen LogP contribution in [0, 0.1) is 6.92 Å². The highest BCUT2D eigenvalue weighted by molar-refractivity contribution is 7.18. The minimum absolute atomic E-state index is 0.0777. The van der Waals surface area contributed by atoms with Gasteiger partial charge in [0.1, 0.15) is 6.54 Å². The van der Waals surface area contributed by atoms with Crippen molar-refractivity contribution in [3.05, 3.63) is 69.6 Å². The molecule has 2 aromatic heterocycles. The third-order valence-corrected chi connectivity index (χ3v) is 5.67. The van der Waals surface area contributed by atoms with Crippen LogP contribution in [0.3, 0.4) is 0 Å². The number of hydrogen-bond donors (Lipinski definition) is 1. The van der Waals surface area contributed by atoms with Crippen LogP contribution in [0.5, 0.6) is 0 Å². The van der Waals surface area contributed by atoms with Gasteiger partial charge in [-0.15, -0.1) is 11.3 Å². The molecule has 1 N–H and O–H groups in total. The van der Waals surface area contributed by atoms with Crippen LogP contribution in [0.15, 0.2) is 53.3 Å². The van der Waals surface area contributed by atoms with E-state index in [1.165, 1.54) is 9.38 Å². The summed E-state index contributed by atoms with van der Waals surface area (Å²) in [5, 5.41) is 9.61. The van der Waals surface area contributed by atoms with Gasteiger partial charge in [0, 0.05) is 18.4 Å². The fourth-order valence-electron chi connectivity index (χ4n) is 3.20. The zero-order valence-electron chi connectivity index (χ0n) is 15.5. The zero-order chi connectivity index (χ0) is 19.5. The van der Waals surface area contributed by atoms with Crippen LogP contribution in [0.4, 0.5) is 0 Å². The summed E-state index contributed by atoms with van der Waals surface area (Å²) >= 11 is 1.68. The third-order valence-electron chi connectivity index (χ3n) is 4.57. The van der Waals surface area contributed by atoms with E-state index in [1.54, 1.807) is 17.4 Å². The highest BCUT2D eigenvalue weighted by Gasteiger charge is 2.10. The second kappa shape index (κ2) is 7.90. The topological polar surface area (TPSA) is 76.9 Å². The van der Waals surface area contributed by atoms with Crippen molar-refractivity contribution in [2.24, 2.45) is 0 Å². The van der Waals surface area contributed by atoms with Crippen molar-refractivity contribution in [1.29, 1.82) is 0 Å². The van der Waals surface area contributed by atoms with Gasteiger partial charge in [0.05, 0.1) is 26.3 Å². The molecule has 1 amide bonds. The lowest BCUT2D eigenvalue weighted by Crippen LogP contribution is -2.34. The minimum Gasteiger partial charge on any atom is -0.354 e. The molecule has 0 atom stereocenters. The Morgan fingerprint density at radius 1 is 1.11 bits per heavy atom. The van der Waals surface area contributed by atoms with E-state index >= 15 is 0 Å². The largest absolute Gasteiger partial charge is 0.354 e. The highest BCUT2D eigenvalue weighted by atomic mass is 32.1. The predicted octanol–water partition coefficient (Wildman–Crippen LogP) is 3.06. The number of nitrogens with one attached hydrogen (secondary N) is 1. The molecule has 0 radical (unpaired) electrons. The van der Waals surface area contributed by atoms with E-state index in [0.717, 1.165) is 34.4 Å². The molecular formula is C21H20N4O2S. The maximum absolute atomic E-state index is 12.5. The quantitative estimate of drug-likeness (QED) is 0.512. The molecule has 0 aliphatic rings. The standard InChI is InChI=1S/C21H20N4O2S/c1-14-15-7-2-3-8-16(15)21(27)25(24-14)13-19(26)22-12-6-11-20-23-17-9-4-5-10-18(17)28-20/h2-5,7-10H,6,11-13H2,1H3,(H,22,26). The summed E-state index contributed by atoms with van der Waals surface area (Å²) in [6.45, 7) is 2.30. The van der Waals surface area contributed by atoms with E-state index in [-0.39, 0.29) is 18.0 Å². The number of carbonyl (C=O) groups excluding carboxylic acids is 1. The zero-order valence-corrected chi connectivity index (χ0v) is 16.3. The first-order valence-electron chi connectivity index (χ1n) is 9.19. The highest BCUT2D eigenvalue weighted by Crippen LogP contribution is 2.22. The summed E-state index contributed by atoms with van der Waals surface area (Å²) in [5.74, 6) is -0.214. The lowest BCUT2D eigenvalue weighted by molar-refractivity contribution is -0.121. The third kappa shape index (κ3) is 3.80. The molecule has 7 heteroatoms. The summed E-state index contributed by atoms with van der Waals surface area (Å²) in [7, 11) is 0. The first-order chi connectivity index (χ1) is 13.6. The van der Waals surface area contributed by atoms with E-state index in [9.17, 15) is 9.59 Å². The van der Waals surface area contributed by atoms with Gasteiger partial charge >= 0.3 is 0 Å². The van der Waals surface area contributed by atoms with Gasteiger partial charge in [-0.1, -0.05) is 30.3 Å². The molecular weight excluding hydrogens is 372 g/mol. The van der Waals surface area contributed by atoms with Gasteiger partial charge in [-0.05, 0) is 31.5 Å². The Morgan fingerprint density at radius 2 is 1.86 bits per heavy atom. The van der Waals surface area contributed by atoms with Gasteiger partial charge in [-0.3, -0.25) is 9.59 Å². The van der Waals surface area contributed by atoms with Crippen LogP contribution in [0.2, 0.25) is 0 Å². The molecule has 0 fully saturated rings. The number of aryl methyl sites for hydroxylation is 2. The molecule has 0 spiro atoms. The second-order valence-corrected chi connectivity index (χ2v) is 7.74. The lowest BCUT2D eigenvalue weighted by atomic mass is 10.1. The van der Waals surface area contributed by atoms with E-state index in [1.807, 2.05) is 43.3 Å². The Morgan fingerprint density at radius 3 is 2.68 bits per heavy atom. The summed E-state index contributed by atoms with van der Waals surface area (Å²) in [6, 6.07) is 15.4. The molecule has 2 aromatic carbocycles. The predicted molar refractivity (Wildman–Crippen MR) is 112 cm³/mol. The molecule has 0 unspecified atom stereocenters. The van der Waals surface area contributed by atoms with Crippen molar-refractivity contribution in [1.82, 2.24) is 20.1 Å². The van der Waals surface area contributed by atoms with Crippen LogP contribution in [-0.4, -0.2) is 27.2 Å². The maximum Gasteiger partial charge on any atom is 0.275 e. The van der Waals surface area contributed by atoms with Crippen LogP contribution in [-0.2, 0) is 17.8 Å². The van der Waals surface area contributed by atoms with Crippen molar-refractivity contribution in [3.63, 3.8) is 0 Å². The van der Waals surface area contributed by atoms with Gasteiger partial charge in [-0.25, -0.2) is 9.67 Å². The number of amides is 1. The van der Waals surface area contributed by atoms with Crippen LogP contribution in [0.25, 0.3) is 21.0 Å². The molecule has 0 bridgehead atoms. The van der Waals surface area contributed by atoms with Crippen LogP contribution < -0.4 is 10.9 Å². The SMILES string of the molecule is Cc1nn(CC(=O)NCCCc2nc3ccccc3s2)c(=O)c2ccccc12. The van der Waals surface area contributed by atoms with Crippen molar-refractivity contribution in [2.75, 3.05) is 6.54 Å². The van der Waals surface area contributed by atoms with E-state index in [4.69, 9.17) is 0 Å². The summed E-state index contributed by atoms with van der Waals surface area (Å²) in [6.07, 6.45) is 1.61. The molecule has 0 aliphatic heterocycles. The molecule has 2 heterocycles. The van der Waals surface area contributed by atoms with Crippen LogP contribution in [0.1, 0.15) is 17.1 Å². The summed E-state index contributed by atoms with van der Waals surface area (Å²) in [5.41, 5.74) is 1.51. The number of carbonyl (C=O) groups is 1. The Hall–Kier alpha value is -3.06. The molecule has 6 nitrogen and oxygen atoms in total. The Bertz CT molecular complexity index is 1180. The molecule has 0 saturated carbocycles. The number of aromatic nitrogens is 3. The molecule has 4 aromatic rings. The number of benzene rings is 2. The number of para-hydroxylation sites is 1. The normalized spacial score (nSPS) is 11.2. The smallest absolute Gasteiger partial charge is 0.275 e. The number of nitrogens with zero attached hydrogens (tertiary/aromatic N) is 3. The van der Waals surface area contributed by atoms with Gasteiger partial charge < -0.3 is 5.32 Å². The van der Waals surface area contributed by atoms with E-state index in [0.29, 0.717) is 11.9 Å². The molecule has 0 aliphatic carbocycles. The minimum atomic E-state index is -0.245. The molecule has 0 saturated heterocycles. The average molecular weight is 392 g/mol. The van der Waals surface area contributed by atoms with Crippen molar-refractivity contribution >= 4 is 38.2 Å². The number of hydrogen-bond acceptors (Lipinski definition) is 5. The Balaban J connectivity index is 1.34. The number of rotatable bonds is 6. The van der Waals surface area contributed by atoms with Gasteiger partial charge in [0.15, 0.2) is 0 Å². The molecule has 4 rings (SSSR count). The van der Waals surface area contributed by atoms with Gasteiger partial charge in [-0.2, -0.15) is 5.10 Å². The van der Waals surface area contributed by atoms with Gasteiger partial charge in [0.25, 0.3) is 5.56 Å². The van der Waals surface area contributed by atoms with Crippen molar-refractivity contribution < 1.29 is 4.79 Å². The van der Waals surface area contributed by atoms with Crippen LogP contribution >= 0.6 is 11.3 Å². The van der Waals surface area contributed by atoms with Crippen molar-refractivity contribution in [3.8, 4) is 0 Å². The van der Waals surface area contributed by atoms with E-state index < -0.39 is 0 Å². The fraction of sp³-hybridized carbons (Fsp3) is 0.238. The van der Waals surface area contributed by atoms with Crippen molar-refractivity contribution in [2.45, 2.75) is 26.3 Å². The average Bonchev–Trinajstić information content (AvgIpc) is 3.12. The van der Waals surface area contributed by atoms with Gasteiger partial charge in [0.2, 0.25) is 5.91 Å². The Kier molecular flexibility index (Phi) is 5.16. The Labute approximate surface area is 165 Å². The second-order valence-electron chi connectivity index (χ2n) is 6.62.